The van der Waals surface area contributed by atoms with E-state index in [9.17, 15) is 9.59 Å². The van der Waals surface area contributed by atoms with Crippen LogP contribution >= 0.6 is 0 Å². The lowest BCUT2D eigenvalue weighted by molar-refractivity contribution is -0.147. The Labute approximate surface area is 115 Å². The molecule has 2 atom stereocenters. The van der Waals surface area contributed by atoms with Crippen LogP contribution in [0, 0.1) is 0 Å². The molecule has 114 valence electrons. The van der Waals surface area contributed by atoms with E-state index in [0.717, 1.165) is 19.3 Å². The van der Waals surface area contributed by atoms with E-state index >= 15 is 0 Å². The number of carbonyl (C=O) groups excluding carboxylic acids is 2. The first-order chi connectivity index (χ1) is 9.47. The Hall–Kier alpha value is -1.80. The maximum atomic E-state index is 10.5. The lowest BCUT2D eigenvalue weighted by Crippen LogP contribution is -2.31. The Morgan fingerprint density at radius 2 is 1.90 bits per heavy atom. The fraction of sp³-hybridized carbons (Fsp3) is 0.667. The third-order valence-electron chi connectivity index (χ3n) is 2.76. The SMILES string of the molecule is O=C1CCCCCO1.O=C1O[C@H](C(O)CO)C(O)=C1O. The zero-order valence-corrected chi connectivity index (χ0v) is 10.8. The number of aliphatic hydroxyl groups is 4. The van der Waals surface area contributed by atoms with E-state index in [1.54, 1.807) is 0 Å². The van der Waals surface area contributed by atoms with Crippen LogP contribution < -0.4 is 0 Å². The van der Waals surface area contributed by atoms with Crippen LogP contribution in [0.2, 0.25) is 0 Å². The van der Waals surface area contributed by atoms with Gasteiger partial charge in [0, 0.05) is 6.42 Å². The van der Waals surface area contributed by atoms with Crippen LogP contribution in [0.4, 0.5) is 0 Å². The molecule has 8 nitrogen and oxygen atoms in total. The van der Waals surface area contributed by atoms with Gasteiger partial charge >= 0.3 is 11.9 Å². The van der Waals surface area contributed by atoms with Crippen molar-refractivity contribution in [2.45, 2.75) is 37.9 Å². The fourth-order valence-electron chi connectivity index (χ4n) is 1.63. The number of cyclic esters (lactones) is 2. The minimum absolute atomic E-state index is 0.0255. The molecule has 2 heterocycles. The van der Waals surface area contributed by atoms with Gasteiger partial charge in [0.15, 0.2) is 11.9 Å². The Balaban J connectivity index is 0.000000217. The summed E-state index contributed by atoms with van der Waals surface area (Å²) in [6, 6.07) is 0. The lowest BCUT2D eigenvalue weighted by Gasteiger charge is -2.13. The number of hydrogen-bond donors (Lipinski definition) is 4. The van der Waals surface area contributed by atoms with Gasteiger partial charge in [-0.15, -0.1) is 0 Å². The molecular formula is C12H18O8. The van der Waals surface area contributed by atoms with Crippen LogP contribution in [0.15, 0.2) is 11.5 Å². The molecule has 0 aromatic carbocycles. The van der Waals surface area contributed by atoms with Gasteiger partial charge in [-0.3, -0.25) is 4.79 Å². The molecule has 0 aromatic heterocycles. The summed E-state index contributed by atoms with van der Waals surface area (Å²) < 4.78 is 9.08. The first-order valence-corrected chi connectivity index (χ1v) is 6.25. The second-order valence-corrected chi connectivity index (χ2v) is 4.34. The normalized spacial score (nSPS) is 24.2. The molecule has 2 aliphatic rings. The Morgan fingerprint density at radius 1 is 1.20 bits per heavy atom. The lowest BCUT2D eigenvalue weighted by atomic mass is 10.2. The predicted molar refractivity (Wildman–Crippen MR) is 64.7 cm³/mol. The van der Waals surface area contributed by atoms with E-state index in [4.69, 9.17) is 25.2 Å². The number of hydrogen-bond acceptors (Lipinski definition) is 8. The van der Waals surface area contributed by atoms with Crippen LogP contribution in [-0.4, -0.2) is 57.8 Å². The molecule has 0 amide bonds. The second-order valence-electron chi connectivity index (χ2n) is 4.34. The maximum absolute atomic E-state index is 10.5. The average Bonchev–Trinajstić information content (AvgIpc) is 2.65. The third-order valence-corrected chi connectivity index (χ3v) is 2.76. The van der Waals surface area contributed by atoms with E-state index in [2.05, 4.69) is 4.74 Å². The van der Waals surface area contributed by atoms with Gasteiger partial charge in [-0.2, -0.15) is 0 Å². The van der Waals surface area contributed by atoms with Gasteiger partial charge in [0.1, 0.15) is 6.10 Å². The number of carbonyl (C=O) groups is 2. The highest BCUT2D eigenvalue weighted by atomic mass is 16.6. The molecule has 2 aliphatic heterocycles. The van der Waals surface area contributed by atoms with E-state index in [0.29, 0.717) is 13.0 Å². The van der Waals surface area contributed by atoms with Gasteiger partial charge < -0.3 is 29.9 Å². The minimum atomic E-state index is -1.42. The topological polar surface area (TPSA) is 134 Å². The van der Waals surface area contributed by atoms with Gasteiger partial charge in [0.2, 0.25) is 5.76 Å². The Morgan fingerprint density at radius 3 is 2.45 bits per heavy atom. The molecule has 20 heavy (non-hydrogen) atoms. The quantitative estimate of drug-likeness (QED) is 0.509. The standard InChI is InChI=1S/C6H8O6.C6H10O2/c7-1-2(8)5-3(9)4(10)6(11)12-5;7-6-4-2-1-3-5-8-6/h2,5,7-10H,1H2;1-5H2/t2?,5-;/m1./s1. The number of rotatable bonds is 2. The first-order valence-electron chi connectivity index (χ1n) is 6.25. The molecule has 1 unspecified atom stereocenters. The molecule has 0 bridgehead atoms. The van der Waals surface area contributed by atoms with E-state index in [1.807, 2.05) is 0 Å². The van der Waals surface area contributed by atoms with Crippen molar-refractivity contribution in [1.82, 2.24) is 0 Å². The molecular weight excluding hydrogens is 272 g/mol. The summed E-state index contributed by atoms with van der Waals surface area (Å²) >= 11 is 0. The van der Waals surface area contributed by atoms with Crippen molar-refractivity contribution < 1.29 is 39.5 Å². The van der Waals surface area contributed by atoms with Crippen molar-refractivity contribution in [3.63, 3.8) is 0 Å². The summed E-state index contributed by atoms with van der Waals surface area (Å²) in [5.41, 5.74) is 0. The summed E-state index contributed by atoms with van der Waals surface area (Å²) in [6.07, 6.45) is 1.05. The first kappa shape index (κ1) is 16.3. The van der Waals surface area contributed by atoms with Gasteiger partial charge in [0.25, 0.3) is 0 Å². The van der Waals surface area contributed by atoms with E-state index in [-0.39, 0.29) is 5.97 Å². The Bertz CT molecular complexity index is 379. The minimum Gasteiger partial charge on any atom is -0.505 e. The van der Waals surface area contributed by atoms with Crippen LogP contribution in [0.3, 0.4) is 0 Å². The highest BCUT2D eigenvalue weighted by Gasteiger charge is 2.38. The number of aliphatic hydroxyl groups excluding tert-OH is 4. The van der Waals surface area contributed by atoms with Crippen LogP contribution in [-0.2, 0) is 19.1 Å². The highest BCUT2D eigenvalue weighted by molar-refractivity contribution is 5.89. The van der Waals surface area contributed by atoms with Crippen molar-refractivity contribution in [3.8, 4) is 0 Å². The van der Waals surface area contributed by atoms with Crippen molar-refractivity contribution in [2.24, 2.45) is 0 Å². The molecule has 0 aliphatic carbocycles. The molecule has 0 radical (unpaired) electrons. The highest BCUT2D eigenvalue weighted by Crippen LogP contribution is 2.20. The van der Waals surface area contributed by atoms with Gasteiger partial charge in [-0.1, -0.05) is 0 Å². The summed E-state index contributed by atoms with van der Waals surface area (Å²) in [5.74, 6) is -2.80. The molecule has 1 saturated heterocycles. The zero-order valence-electron chi connectivity index (χ0n) is 10.8. The molecule has 0 spiro atoms. The average molecular weight is 290 g/mol. The predicted octanol–water partition coefficient (Wildman–Crippen LogP) is -0.304. The summed E-state index contributed by atoms with van der Waals surface area (Å²) in [4.78, 5) is 21.0. The molecule has 4 N–H and O–H groups in total. The fourth-order valence-corrected chi connectivity index (χ4v) is 1.63. The Kier molecular flexibility index (Phi) is 6.26. The van der Waals surface area contributed by atoms with Crippen LogP contribution in [0.25, 0.3) is 0 Å². The third kappa shape index (κ3) is 4.39. The number of ether oxygens (including phenoxy) is 2. The van der Waals surface area contributed by atoms with Crippen molar-refractivity contribution >= 4 is 11.9 Å². The number of esters is 2. The van der Waals surface area contributed by atoms with Gasteiger partial charge in [-0.25, -0.2) is 4.79 Å². The van der Waals surface area contributed by atoms with Crippen molar-refractivity contribution in [2.75, 3.05) is 13.2 Å². The monoisotopic (exact) mass is 290 g/mol. The van der Waals surface area contributed by atoms with E-state index in [1.165, 1.54) is 0 Å². The largest absolute Gasteiger partial charge is 0.505 e. The van der Waals surface area contributed by atoms with Crippen molar-refractivity contribution in [3.05, 3.63) is 11.5 Å². The van der Waals surface area contributed by atoms with Gasteiger partial charge in [0.05, 0.1) is 13.2 Å². The summed E-state index contributed by atoms with van der Waals surface area (Å²) in [6.45, 7) is -0.0336. The second kappa shape index (κ2) is 7.71. The van der Waals surface area contributed by atoms with Crippen molar-refractivity contribution in [1.29, 1.82) is 0 Å². The summed E-state index contributed by atoms with van der Waals surface area (Å²) in [7, 11) is 0. The maximum Gasteiger partial charge on any atom is 0.377 e. The van der Waals surface area contributed by atoms with Crippen LogP contribution in [0.5, 0.6) is 0 Å². The smallest absolute Gasteiger partial charge is 0.377 e. The van der Waals surface area contributed by atoms with Crippen LogP contribution in [0.1, 0.15) is 25.7 Å². The van der Waals surface area contributed by atoms with Gasteiger partial charge in [-0.05, 0) is 19.3 Å². The molecule has 0 aromatic rings. The molecule has 8 heteroatoms. The summed E-state index contributed by atoms with van der Waals surface area (Å²) in [5, 5.41) is 35.0. The molecule has 0 saturated carbocycles. The zero-order chi connectivity index (χ0) is 15.1. The molecule has 2 rings (SSSR count). The van der Waals surface area contributed by atoms with E-state index < -0.39 is 36.3 Å². The molecule has 1 fully saturated rings.